The zero-order valence-corrected chi connectivity index (χ0v) is 10.6. The van der Waals surface area contributed by atoms with Crippen molar-refractivity contribution in [3.63, 3.8) is 0 Å². The minimum atomic E-state index is -0.343. The Labute approximate surface area is 108 Å². The number of carbonyl (C=O) groups is 1. The lowest BCUT2D eigenvalue weighted by atomic mass is 10.3. The van der Waals surface area contributed by atoms with E-state index in [1.165, 1.54) is 19.2 Å². The lowest BCUT2D eigenvalue weighted by Crippen LogP contribution is -2.32. The number of hydrogen-bond acceptors (Lipinski definition) is 3. The second-order valence-electron chi connectivity index (χ2n) is 2.85. The molecule has 16 heavy (non-hydrogen) atoms. The van der Waals surface area contributed by atoms with Gasteiger partial charge in [0.15, 0.2) is 0 Å². The summed E-state index contributed by atoms with van der Waals surface area (Å²) in [6.45, 7) is -0.0597. The Bertz CT molecular complexity index is 375. The third kappa shape index (κ3) is 3.72. The number of methoxy groups -OCH3 is 1. The number of hydrazine groups is 1. The van der Waals surface area contributed by atoms with Gasteiger partial charge in [-0.15, -0.1) is 0 Å². The molecular weight excluding hydrogens is 274 g/mol. The van der Waals surface area contributed by atoms with Crippen LogP contribution in [0.4, 0.5) is 5.69 Å². The topological polar surface area (TPSA) is 50.4 Å². The summed E-state index contributed by atoms with van der Waals surface area (Å²) in [6.07, 6.45) is 0. The summed E-state index contributed by atoms with van der Waals surface area (Å²) in [6, 6.07) is 3.03. The fraction of sp³-hybridized carbons (Fsp3) is 0.222. The highest BCUT2D eigenvalue weighted by Gasteiger charge is 2.08. The molecule has 0 aliphatic carbocycles. The summed E-state index contributed by atoms with van der Waals surface area (Å²) < 4.78 is 4.63. The molecule has 1 aromatic carbocycles. The van der Waals surface area contributed by atoms with E-state index in [-0.39, 0.29) is 12.5 Å². The first-order valence-electron chi connectivity index (χ1n) is 4.23. The van der Waals surface area contributed by atoms with Gasteiger partial charge in [0.25, 0.3) is 5.91 Å². The van der Waals surface area contributed by atoms with Crippen LogP contribution < -0.4 is 10.9 Å². The van der Waals surface area contributed by atoms with E-state index in [0.29, 0.717) is 20.8 Å². The van der Waals surface area contributed by atoms with Gasteiger partial charge in [0.05, 0.1) is 15.7 Å². The Morgan fingerprint density at radius 1 is 1.31 bits per heavy atom. The molecule has 88 valence electrons. The standard InChI is InChI=1S/C9H9Cl3N2O2/c1-16-4-8(15)13-14-9-6(11)2-5(10)3-7(9)12/h2-3,14H,4H2,1H3,(H,13,15). The summed E-state index contributed by atoms with van der Waals surface area (Å²) >= 11 is 17.5. The molecule has 2 N–H and O–H groups in total. The highest BCUT2D eigenvalue weighted by atomic mass is 35.5. The van der Waals surface area contributed by atoms with E-state index in [2.05, 4.69) is 15.6 Å². The van der Waals surface area contributed by atoms with Crippen molar-refractivity contribution in [2.45, 2.75) is 0 Å². The van der Waals surface area contributed by atoms with Crippen molar-refractivity contribution in [3.8, 4) is 0 Å². The average Bonchev–Trinajstić information content (AvgIpc) is 2.16. The highest BCUT2D eigenvalue weighted by molar-refractivity contribution is 6.41. The fourth-order valence-electron chi connectivity index (χ4n) is 0.961. The molecular formula is C9H9Cl3N2O2. The number of rotatable bonds is 4. The number of anilines is 1. The Balaban J connectivity index is 2.70. The van der Waals surface area contributed by atoms with Gasteiger partial charge in [-0.3, -0.25) is 15.6 Å². The number of amides is 1. The van der Waals surface area contributed by atoms with E-state index in [4.69, 9.17) is 34.8 Å². The molecule has 0 heterocycles. The van der Waals surface area contributed by atoms with Gasteiger partial charge in [-0.1, -0.05) is 34.8 Å². The molecule has 0 aliphatic rings. The van der Waals surface area contributed by atoms with Crippen molar-refractivity contribution in [2.75, 3.05) is 19.1 Å². The largest absolute Gasteiger partial charge is 0.375 e. The summed E-state index contributed by atoms with van der Waals surface area (Å²) in [4.78, 5) is 11.1. The molecule has 0 unspecified atom stereocenters. The molecule has 0 saturated carbocycles. The number of nitrogens with one attached hydrogen (secondary N) is 2. The lowest BCUT2D eigenvalue weighted by molar-refractivity contribution is -0.124. The molecule has 0 radical (unpaired) electrons. The minimum Gasteiger partial charge on any atom is -0.375 e. The van der Waals surface area contributed by atoms with Gasteiger partial charge in [-0.2, -0.15) is 0 Å². The van der Waals surface area contributed by atoms with Gasteiger partial charge in [-0.05, 0) is 12.1 Å². The van der Waals surface area contributed by atoms with E-state index in [1.807, 2.05) is 0 Å². The third-order valence-electron chi connectivity index (χ3n) is 1.61. The zero-order valence-electron chi connectivity index (χ0n) is 8.31. The summed E-state index contributed by atoms with van der Waals surface area (Å²) in [5, 5.41) is 1.05. The first kappa shape index (κ1) is 13.4. The Kier molecular flexibility index (Phi) is 5.15. The molecule has 0 fully saturated rings. The Morgan fingerprint density at radius 2 is 1.88 bits per heavy atom. The predicted octanol–water partition coefficient (Wildman–Crippen LogP) is 2.74. The van der Waals surface area contributed by atoms with E-state index >= 15 is 0 Å². The molecule has 0 aromatic heterocycles. The summed E-state index contributed by atoms with van der Waals surface area (Å²) in [5.41, 5.74) is 5.35. The summed E-state index contributed by atoms with van der Waals surface area (Å²) in [7, 11) is 1.42. The van der Waals surface area contributed by atoms with Crippen molar-refractivity contribution in [2.24, 2.45) is 0 Å². The fourth-order valence-corrected chi connectivity index (χ4v) is 1.87. The van der Waals surface area contributed by atoms with Crippen molar-refractivity contribution >= 4 is 46.4 Å². The van der Waals surface area contributed by atoms with Crippen LogP contribution in [0.5, 0.6) is 0 Å². The molecule has 1 rings (SSSR count). The van der Waals surface area contributed by atoms with Gasteiger partial charge in [0, 0.05) is 12.1 Å². The maximum Gasteiger partial charge on any atom is 0.264 e. The Morgan fingerprint density at radius 3 is 2.38 bits per heavy atom. The van der Waals surface area contributed by atoms with Gasteiger partial charge in [0.2, 0.25) is 0 Å². The van der Waals surface area contributed by atoms with Crippen LogP contribution in [0.3, 0.4) is 0 Å². The van der Waals surface area contributed by atoms with Crippen LogP contribution in [0.25, 0.3) is 0 Å². The highest BCUT2D eigenvalue weighted by Crippen LogP contribution is 2.32. The number of halogens is 3. The Hall–Kier alpha value is -0.680. The molecule has 1 amide bonds. The van der Waals surface area contributed by atoms with Crippen LogP contribution >= 0.6 is 34.8 Å². The number of hydrogen-bond donors (Lipinski definition) is 2. The van der Waals surface area contributed by atoms with Crippen molar-refractivity contribution in [1.29, 1.82) is 0 Å². The van der Waals surface area contributed by atoms with Crippen molar-refractivity contribution in [1.82, 2.24) is 5.43 Å². The van der Waals surface area contributed by atoms with Crippen LogP contribution in [0.1, 0.15) is 0 Å². The normalized spacial score (nSPS) is 10.0. The smallest absolute Gasteiger partial charge is 0.264 e. The van der Waals surface area contributed by atoms with Crippen molar-refractivity contribution < 1.29 is 9.53 Å². The van der Waals surface area contributed by atoms with Crippen LogP contribution in [-0.4, -0.2) is 19.6 Å². The lowest BCUT2D eigenvalue weighted by Gasteiger charge is -2.11. The van der Waals surface area contributed by atoms with E-state index < -0.39 is 0 Å². The predicted molar refractivity (Wildman–Crippen MR) is 65.1 cm³/mol. The molecule has 0 spiro atoms. The molecule has 7 heteroatoms. The molecule has 1 aromatic rings. The second kappa shape index (κ2) is 6.15. The number of ether oxygens (including phenoxy) is 1. The van der Waals surface area contributed by atoms with Crippen LogP contribution in [-0.2, 0) is 9.53 Å². The third-order valence-corrected chi connectivity index (χ3v) is 2.42. The SMILES string of the molecule is COCC(=O)NNc1c(Cl)cc(Cl)cc1Cl. The first-order chi connectivity index (χ1) is 7.54. The van der Waals surface area contributed by atoms with E-state index in [1.54, 1.807) is 0 Å². The van der Waals surface area contributed by atoms with Gasteiger partial charge in [0.1, 0.15) is 6.61 Å². The quantitative estimate of drug-likeness (QED) is 0.835. The average molecular weight is 284 g/mol. The van der Waals surface area contributed by atoms with Gasteiger partial charge >= 0.3 is 0 Å². The van der Waals surface area contributed by atoms with Crippen LogP contribution in [0.15, 0.2) is 12.1 Å². The maximum absolute atomic E-state index is 11.1. The zero-order chi connectivity index (χ0) is 12.1. The van der Waals surface area contributed by atoms with E-state index in [9.17, 15) is 4.79 Å². The van der Waals surface area contributed by atoms with Crippen molar-refractivity contribution in [3.05, 3.63) is 27.2 Å². The van der Waals surface area contributed by atoms with Crippen LogP contribution in [0.2, 0.25) is 15.1 Å². The molecule has 4 nitrogen and oxygen atoms in total. The molecule has 0 atom stereocenters. The first-order valence-corrected chi connectivity index (χ1v) is 5.36. The molecule has 0 bridgehead atoms. The molecule has 0 aliphatic heterocycles. The summed E-state index contributed by atoms with van der Waals surface area (Å²) in [5.74, 6) is -0.343. The number of carbonyl (C=O) groups excluding carboxylic acids is 1. The van der Waals surface area contributed by atoms with Gasteiger partial charge < -0.3 is 4.74 Å². The molecule has 0 saturated heterocycles. The maximum atomic E-state index is 11.1. The minimum absolute atomic E-state index is 0.0597. The monoisotopic (exact) mass is 282 g/mol. The van der Waals surface area contributed by atoms with Crippen LogP contribution in [0, 0.1) is 0 Å². The second-order valence-corrected chi connectivity index (χ2v) is 4.10. The van der Waals surface area contributed by atoms with E-state index in [0.717, 1.165) is 0 Å². The van der Waals surface area contributed by atoms with Gasteiger partial charge in [-0.25, -0.2) is 0 Å². The number of benzene rings is 1.